The van der Waals surface area contributed by atoms with Crippen LogP contribution in [-0.4, -0.2) is 69.8 Å². The first-order valence-electron chi connectivity index (χ1n) is 6.31. The van der Waals surface area contributed by atoms with Crippen molar-refractivity contribution < 1.29 is 28.9 Å². The zero-order valence-corrected chi connectivity index (χ0v) is 12.0. The van der Waals surface area contributed by atoms with Gasteiger partial charge in [0.25, 0.3) is 0 Å². The second-order valence-corrected chi connectivity index (χ2v) is 4.96. The molecule has 0 bridgehead atoms. The fourth-order valence-corrected chi connectivity index (χ4v) is 1.90. The monoisotopic (exact) mass is 290 g/mol. The molecule has 1 fully saturated rings. The van der Waals surface area contributed by atoms with Crippen LogP contribution in [0, 0.1) is 5.41 Å². The van der Waals surface area contributed by atoms with Crippen molar-refractivity contribution in [3.8, 4) is 0 Å². The highest BCUT2D eigenvalue weighted by atomic mass is 16.5. The Hall–Kier alpha value is -1.38. The number of methoxy groups -OCH3 is 2. The largest absolute Gasteiger partial charge is 0.481 e. The lowest BCUT2D eigenvalue weighted by Crippen LogP contribution is -2.53. The van der Waals surface area contributed by atoms with Gasteiger partial charge in [0.2, 0.25) is 0 Å². The third-order valence-corrected chi connectivity index (χ3v) is 3.43. The van der Waals surface area contributed by atoms with E-state index in [4.69, 9.17) is 14.2 Å². The van der Waals surface area contributed by atoms with E-state index < -0.39 is 23.5 Å². The van der Waals surface area contributed by atoms with Gasteiger partial charge in [-0.1, -0.05) is 0 Å². The highest BCUT2D eigenvalue weighted by molar-refractivity contribution is 5.79. The lowest BCUT2D eigenvalue weighted by Gasteiger charge is -2.25. The molecule has 3 unspecified atom stereocenters. The minimum atomic E-state index is -1.11. The normalized spacial score (nSPS) is 27.1. The summed E-state index contributed by atoms with van der Waals surface area (Å²) in [4.78, 5) is 23.0. The van der Waals surface area contributed by atoms with E-state index in [1.807, 2.05) is 0 Å². The Bertz CT molecular complexity index is 351. The number of hydrogen-bond acceptors (Lipinski definition) is 5. The van der Waals surface area contributed by atoms with Crippen LogP contribution in [0.25, 0.3) is 0 Å². The Morgan fingerprint density at radius 3 is 2.75 bits per heavy atom. The number of carboxylic acid groups (broad SMARTS) is 1. The van der Waals surface area contributed by atoms with Crippen LogP contribution in [-0.2, 0) is 19.0 Å². The van der Waals surface area contributed by atoms with Crippen LogP contribution in [0.3, 0.4) is 0 Å². The third-order valence-electron chi connectivity index (χ3n) is 3.43. The molecular formula is C12H22N2O6. The minimum Gasteiger partial charge on any atom is -0.481 e. The maximum Gasteiger partial charge on any atom is 0.315 e. The van der Waals surface area contributed by atoms with Gasteiger partial charge < -0.3 is 30.0 Å². The molecule has 8 heteroatoms. The molecule has 0 spiro atoms. The summed E-state index contributed by atoms with van der Waals surface area (Å²) in [6, 6.07) is -1.02. The number of aliphatic carboxylic acids is 1. The van der Waals surface area contributed by atoms with Crippen molar-refractivity contribution in [2.24, 2.45) is 5.41 Å². The first-order valence-corrected chi connectivity index (χ1v) is 6.31. The van der Waals surface area contributed by atoms with Crippen molar-refractivity contribution in [2.45, 2.75) is 19.1 Å². The van der Waals surface area contributed by atoms with Crippen LogP contribution < -0.4 is 10.6 Å². The summed E-state index contributed by atoms with van der Waals surface area (Å²) in [5.41, 5.74) is -1.11. The molecule has 3 atom stereocenters. The molecule has 1 aliphatic heterocycles. The Morgan fingerprint density at radius 2 is 2.20 bits per heavy atom. The van der Waals surface area contributed by atoms with Gasteiger partial charge in [-0.3, -0.25) is 4.79 Å². The molecule has 0 aromatic rings. The van der Waals surface area contributed by atoms with Gasteiger partial charge in [-0.25, -0.2) is 4.79 Å². The molecule has 116 valence electrons. The van der Waals surface area contributed by atoms with Crippen molar-refractivity contribution in [3.63, 3.8) is 0 Å². The summed E-state index contributed by atoms with van der Waals surface area (Å²) >= 11 is 0. The molecular weight excluding hydrogens is 268 g/mol. The highest BCUT2D eigenvalue weighted by Crippen LogP contribution is 2.28. The molecule has 0 aliphatic carbocycles. The predicted octanol–water partition coefficient (Wildman–Crippen LogP) is -0.563. The van der Waals surface area contributed by atoms with E-state index >= 15 is 0 Å². The van der Waals surface area contributed by atoms with E-state index in [0.717, 1.165) is 0 Å². The van der Waals surface area contributed by atoms with E-state index in [-0.39, 0.29) is 25.9 Å². The van der Waals surface area contributed by atoms with E-state index in [1.165, 1.54) is 7.11 Å². The summed E-state index contributed by atoms with van der Waals surface area (Å²) in [5, 5.41) is 14.4. The van der Waals surface area contributed by atoms with Crippen LogP contribution in [0.4, 0.5) is 4.79 Å². The van der Waals surface area contributed by atoms with Gasteiger partial charge in [0.05, 0.1) is 32.0 Å². The average Bonchev–Trinajstić information content (AvgIpc) is 2.77. The Kier molecular flexibility index (Phi) is 6.18. The van der Waals surface area contributed by atoms with E-state index in [1.54, 1.807) is 14.0 Å². The van der Waals surface area contributed by atoms with Crippen molar-refractivity contribution in [1.82, 2.24) is 10.6 Å². The van der Waals surface area contributed by atoms with Crippen LogP contribution in [0.1, 0.15) is 6.92 Å². The van der Waals surface area contributed by atoms with Gasteiger partial charge >= 0.3 is 12.0 Å². The molecule has 0 aromatic carbocycles. The van der Waals surface area contributed by atoms with Gasteiger partial charge in [0.1, 0.15) is 5.41 Å². The molecule has 1 rings (SSSR count). The minimum absolute atomic E-state index is 0.0810. The van der Waals surface area contributed by atoms with Crippen molar-refractivity contribution in [1.29, 1.82) is 0 Å². The maximum atomic E-state index is 11.8. The van der Waals surface area contributed by atoms with Crippen LogP contribution >= 0.6 is 0 Å². The molecule has 2 amide bonds. The molecule has 1 saturated heterocycles. The van der Waals surface area contributed by atoms with Crippen molar-refractivity contribution >= 4 is 12.0 Å². The summed E-state index contributed by atoms with van der Waals surface area (Å²) in [6.45, 7) is 2.44. The highest BCUT2D eigenvalue weighted by Gasteiger charge is 2.47. The third kappa shape index (κ3) is 4.06. The van der Waals surface area contributed by atoms with E-state index in [9.17, 15) is 14.7 Å². The maximum absolute atomic E-state index is 11.8. The van der Waals surface area contributed by atoms with E-state index in [2.05, 4.69) is 10.6 Å². The predicted molar refractivity (Wildman–Crippen MR) is 69.6 cm³/mol. The van der Waals surface area contributed by atoms with Gasteiger partial charge in [-0.05, 0) is 6.92 Å². The molecule has 1 aliphatic rings. The number of hydrogen-bond donors (Lipinski definition) is 3. The number of nitrogens with one attached hydrogen (secondary N) is 2. The number of carbonyl (C=O) groups excluding carboxylic acids is 1. The first kappa shape index (κ1) is 16.7. The summed E-state index contributed by atoms with van der Waals surface area (Å²) < 4.78 is 15.2. The van der Waals surface area contributed by atoms with Crippen molar-refractivity contribution in [3.05, 3.63) is 0 Å². The quantitative estimate of drug-likeness (QED) is 0.580. The zero-order chi connectivity index (χ0) is 15.2. The number of amides is 2. The fraction of sp³-hybridized carbons (Fsp3) is 0.833. The second kappa shape index (κ2) is 7.41. The molecule has 0 radical (unpaired) electrons. The Labute approximate surface area is 117 Å². The number of carbonyl (C=O) groups is 2. The number of urea groups is 1. The van der Waals surface area contributed by atoms with Crippen LogP contribution in [0.15, 0.2) is 0 Å². The average molecular weight is 290 g/mol. The number of carboxylic acids is 1. The molecule has 1 heterocycles. The van der Waals surface area contributed by atoms with E-state index in [0.29, 0.717) is 6.61 Å². The molecule has 0 saturated carbocycles. The smallest absolute Gasteiger partial charge is 0.315 e. The Morgan fingerprint density at radius 1 is 1.50 bits per heavy atom. The zero-order valence-electron chi connectivity index (χ0n) is 12.0. The molecule has 8 nitrogen and oxygen atoms in total. The summed E-state index contributed by atoms with van der Waals surface area (Å²) in [6.07, 6.45) is -0.253. The lowest BCUT2D eigenvalue weighted by molar-refractivity contribution is -0.148. The Balaban J connectivity index is 2.44. The summed E-state index contributed by atoms with van der Waals surface area (Å²) in [7, 11) is 3.07. The van der Waals surface area contributed by atoms with Crippen LogP contribution in [0.5, 0.6) is 0 Å². The number of ether oxygens (including phenoxy) is 3. The second-order valence-electron chi connectivity index (χ2n) is 4.96. The molecule has 3 N–H and O–H groups in total. The standard InChI is InChI=1S/C12H22N2O6/c1-12(10(15)16)7-20-6-9(12)14-11(17)13-4-8(19-3)5-18-2/h8-9H,4-7H2,1-3H3,(H,15,16)(H2,13,14,17). The van der Waals surface area contributed by atoms with Gasteiger partial charge in [0, 0.05) is 20.8 Å². The topological polar surface area (TPSA) is 106 Å². The van der Waals surface area contributed by atoms with Gasteiger partial charge in [-0.2, -0.15) is 0 Å². The summed E-state index contributed by atoms with van der Waals surface area (Å²) in [5.74, 6) is -0.991. The SMILES string of the molecule is COCC(CNC(=O)NC1COCC1(C)C(=O)O)OC. The molecule has 0 aromatic heterocycles. The lowest BCUT2D eigenvalue weighted by atomic mass is 9.85. The first-order chi connectivity index (χ1) is 9.43. The van der Waals surface area contributed by atoms with Crippen molar-refractivity contribution in [2.75, 3.05) is 40.6 Å². The van der Waals surface area contributed by atoms with Gasteiger partial charge in [-0.15, -0.1) is 0 Å². The van der Waals surface area contributed by atoms with Gasteiger partial charge in [0.15, 0.2) is 0 Å². The molecule has 20 heavy (non-hydrogen) atoms. The fourth-order valence-electron chi connectivity index (χ4n) is 1.90. The number of rotatable bonds is 7. The van der Waals surface area contributed by atoms with Crippen LogP contribution in [0.2, 0.25) is 0 Å².